The predicted molar refractivity (Wildman–Crippen MR) is 82.5 cm³/mol. The van der Waals surface area contributed by atoms with Crippen molar-refractivity contribution in [1.29, 1.82) is 0 Å². The molecule has 0 radical (unpaired) electrons. The molecule has 108 valence electrons. The number of hydrogen-bond acceptors (Lipinski definition) is 2. The van der Waals surface area contributed by atoms with E-state index in [-0.39, 0.29) is 11.7 Å². The first-order chi connectivity index (χ1) is 10.2. The summed E-state index contributed by atoms with van der Waals surface area (Å²) in [5.74, 6) is 0.606. The molecule has 1 aliphatic heterocycles. The summed E-state index contributed by atoms with van der Waals surface area (Å²) in [6.45, 7) is 3.30. The Hall–Kier alpha value is -2.29. The van der Waals surface area contributed by atoms with E-state index in [9.17, 15) is 9.90 Å². The number of amides is 1. The van der Waals surface area contributed by atoms with Gasteiger partial charge in [-0.25, -0.2) is 0 Å². The van der Waals surface area contributed by atoms with Crippen LogP contribution in [-0.2, 0) is 0 Å². The summed E-state index contributed by atoms with van der Waals surface area (Å²) in [5.41, 5.74) is 2.55. The topological polar surface area (TPSA) is 40.5 Å². The van der Waals surface area contributed by atoms with Gasteiger partial charge in [-0.3, -0.25) is 4.79 Å². The maximum atomic E-state index is 12.6. The number of aromatic hydroxyl groups is 1. The Morgan fingerprint density at radius 3 is 2.67 bits per heavy atom. The number of nitrogens with zero attached hydrogens (tertiary/aromatic N) is 1. The molecule has 0 saturated carbocycles. The van der Waals surface area contributed by atoms with Crippen LogP contribution in [-0.4, -0.2) is 29.0 Å². The van der Waals surface area contributed by atoms with Gasteiger partial charge in [0.2, 0.25) is 0 Å². The maximum Gasteiger partial charge on any atom is 0.254 e. The van der Waals surface area contributed by atoms with Crippen LogP contribution in [0.4, 0.5) is 0 Å². The quantitative estimate of drug-likeness (QED) is 0.917. The van der Waals surface area contributed by atoms with Gasteiger partial charge in [-0.15, -0.1) is 0 Å². The fraction of sp³-hybridized carbons (Fsp3) is 0.278. The molecule has 1 heterocycles. The Balaban J connectivity index is 1.77. The maximum absolute atomic E-state index is 12.6. The first-order valence-electron chi connectivity index (χ1n) is 7.29. The SMILES string of the molecule is Cc1c(O)cccc1C(=O)N1CCC(c2ccccc2)C1. The van der Waals surface area contributed by atoms with E-state index >= 15 is 0 Å². The zero-order chi connectivity index (χ0) is 14.8. The van der Waals surface area contributed by atoms with Gasteiger partial charge in [-0.2, -0.15) is 0 Å². The Kier molecular flexibility index (Phi) is 3.65. The van der Waals surface area contributed by atoms with Crippen LogP contribution in [0.25, 0.3) is 0 Å². The Bertz CT molecular complexity index is 652. The molecule has 1 atom stereocenters. The Morgan fingerprint density at radius 2 is 1.90 bits per heavy atom. The lowest BCUT2D eigenvalue weighted by Gasteiger charge is -2.18. The first kappa shape index (κ1) is 13.7. The van der Waals surface area contributed by atoms with Gasteiger partial charge in [0.15, 0.2) is 0 Å². The third-order valence-corrected chi connectivity index (χ3v) is 4.28. The molecule has 1 amide bonds. The van der Waals surface area contributed by atoms with Crippen LogP contribution in [0.2, 0.25) is 0 Å². The molecule has 1 fully saturated rings. The highest BCUT2D eigenvalue weighted by atomic mass is 16.3. The molecule has 1 aliphatic rings. The minimum Gasteiger partial charge on any atom is -0.508 e. The molecule has 1 saturated heterocycles. The van der Waals surface area contributed by atoms with Crippen molar-refractivity contribution in [2.24, 2.45) is 0 Å². The lowest BCUT2D eigenvalue weighted by Crippen LogP contribution is -2.29. The summed E-state index contributed by atoms with van der Waals surface area (Å²) in [6, 6.07) is 15.5. The third-order valence-electron chi connectivity index (χ3n) is 4.28. The number of benzene rings is 2. The van der Waals surface area contributed by atoms with E-state index < -0.39 is 0 Å². The van der Waals surface area contributed by atoms with Crippen LogP contribution in [0, 0.1) is 6.92 Å². The van der Waals surface area contributed by atoms with Crippen molar-refractivity contribution in [1.82, 2.24) is 4.90 Å². The van der Waals surface area contributed by atoms with Gasteiger partial charge in [0.1, 0.15) is 5.75 Å². The number of rotatable bonds is 2. The first-order valence-corrected chi connectivity index (χ1v) is 7.29. The van der Waals surface area contributed by atoms with Gasteiger partial charge in [-0.05, 0) is 31.0 Å². The van der Waals surface area contributed by atoms with E-state index in [0.29, 0.717) is 17.0 Å². The third kappa shape index (κ3) is 2.64. The van der Waals surface area contributed by atoms with E-state index in [2.05, 4.69) is 12.1 Å². The average Bonchev–Trinajstić information content (AvgIpc) is 3.00. The number of phenolic OH excluding ortho intramolecular Hbond substituents is 1. The van der Waals surface area contributed by atoms with E-state index in [1.54, 1.807) is 25.1 Å². The molecule has 1 unspecified atom stereocenters. The number of hydrogen-bond donors (Lipinski definition) is 1. The molecule has 3 rings (SSSR count). The lowest BCUT2D eigenvalue weighted by molar-refractivity contribution is 0.0789. The standard InChI is InChI=1S/C18H19NO2/c1-13-16(8-5-9-17(13)20)18(21)19-11-10-15(12-19)14-6-3-2-4-7-14/h2-9,15,20H,10-12H2,1H3. The summed E-state index contributed by atoms with van der Waals surface area (Å²) < 4.78 is 0. The zero-order valence-corrected chi connectivity index (χ0v) is 12.1. The second kappa shape index (κ2) is 5.60. The van der Waals surface area contributed by atoms with Crippen LogP contribution >= 0.6 is 0 Å². The molecular formula is C18H19NO2. The Morgan fingerprint density at radius 1 is 1.14 bits per heavy atom. The van der Waals surface area contributed by atoms with E-state index in [1.807, 2.05) is 23.1 Å². The molecular weight excluding hydrogens is 262 g/mol. The van der Waals surface area contributed by atoms with Crippen molar-refractivity contribution in [2.75, 3.05) is 13.1 Å². The molecule has 0 aromatic heterocycles. The summed E-state index contributed by atoms with van der Waals surface area (Å²) in [4.78, 5) is 14.5. The lowest BCUT2D eigenvalue weighted by atomic mass is 9.99. The van der Waals surface area contributed by atoms with Crippen LogP contribution in [0.15, 0.2) is 48.5 Å². The van der Waals surface area contributed by atoms with Crippen LogP contribution in [0.5, 0.6) is 5.75 Å². The zero-order valence-electron chi connectivity index (χ0n) is 12.1. The van der Waals surface area contributed by atoms with E-state index in [0.717, 1.165) is 19.5 Å². The van der Waals surface area contributed by atoms with Crippen molar-refractivity contribution < 1.29 is 9.90 Å². The molecule has 2 aromatic carbocycles. The highest BCUT2D eigenvalue weighted by Gasteiger charge is 2.28. The predicted octanol–water partition coefficient (Wildman–Crippen LogP) is 3.33. The van der Waals surface area contributed by atoms with Crippen molar-refractivity contribution in [3.05, 3.63) is 65.2 Å². The molecule has 1 N–H and O–H groups in total. The van der Waals surface area contributed by atoms with Crippen LogP contribution in [0.1, 0.15) is 33.8 Å². The Labute approximate surface area is 124 Å². The van der Waals surface area contributed by atoms with E-state index in [1.165, 1.54) is 5.56 Å². The minimum atomic E-state index is 0.0156. The van der Waals surface area contributed by atoms with Gasteiger partial charge in [-0.1, -0.05) is 36.4 Å². The fourth-order valence-electron chi connectivity index (χ4n) is 2.97. The highest BCUT2D eigenvalue weighted by molar-refractivity contribution is 5.96. The van der Waals surface area contributed by atoms with Crippen molar-refractivity contribution in [3.8, 4) is 5.75 Å². The largest absolute Gasteiger partial charge is 0.508 e. The molecule has 0 aliphatic carbocycles. The van der Waals surface area contributed by atoms with Gasteiger partial charge in [0, 0.05) is 30.1 Å². The van der Waals surface area contributed by atoms with Gasteiger partial charge in [0.05, 0.1) is 0 Å². The molecule has 2 aromatic rings. The molecule has 0 spiro atoms. The molecule has 3 heteroatoms. The van der Waals surface area contributed by atoms with Crippen LogP contribution < -0.4 is 0 Å². The van der Waals surface area contributed by atoms with Gasteiger partial charge < -0.3 is 10.0 Å². The second-order valence-electron chi connectivity index (χ2n) is 5.60. The monoisotopic (exact) mass is 281 g/mol. The summed E-state index contributed by atoms with van der Waals surface area (Å²) in [5, 5.41) is 9.75. The van der Waals surface area contributed by atoms with Crippen molar-refractivity contribution >= 4 is 5.91 Å². The number of likely N-dealkylation sites (tertiary alicyclic amines) is 1. The summed E-state index contributed by atoms with van der Waals surface area (Å²) >= 11 is 0. The average molecular weight is 281 g/mol. The fourth-order valence-corrected chi connectivity index (χ4v) is 2.97. The van der Waals surface area contributed by atoms with Crippen molar-refractivity contribution in [2.45, 2.75) is 19.3 Å². The number of carbonyl (C=O) groups is 1. The number of carbonyl (C=O) groups excluding carboxylic acids is 1. The second-order valence-corrected chi connectivity index (χ2v) is 5.60. The smallest absolute Gasteiger partial charge is 0.254 e. The normalized spacial score (nSPS) is 18.0. The molecule has 21 heavy (non-hydrogen) atoms. The molecule has 0 bridgehead atoms. The number of phenols is 1. The van der Waals surface area contributed by atoms with Gasteiger partial charge >= 0.3 is 0 Å². The summed E-state index contributed by atoms with van der Waals surface area (Å²) in [6.07, 6.45) is 0.994. The van der Waals surface area contributed by atoms with E-state index in [4.69, 9.17) is 0 Å². The minimum absolute atomic E-state index is 0.0156. The molecule has 3 nitrogen and oxygen atoms in total. The highest BCUT2D eigenvalue weighted by Crippen LogP contribution is 2.29. The van der Waals surface area contributed by atoms with Gasteiger partial charge in [0.25, 0.3) is 5.91 Å². The summed E-state index contributed by atoms with van der Waals surface area (Å²) in [7, 11) is 0. The van der Waals surface area contributed by atoms with Crippen LogP contribution in [0.3, 0.4) is 0 Å². The van der Waals surface area contributed by atoms with Crippen molar-refractivity contribution in [3.63, 3.8) is 0 Å².